The monoisotopic (exact) mass is 864 g/mol. The molecular formula is C48H45FN6O7Si. The Kier molecular flexibility index (Phi) is 10.00. The van der Waals surface area contributed by atoms with Gasteiger partial charge in [-0.3, -0.25) is 28.9 Å². The lowest BCUT2D eigenvalue weighted by molar-refractivity contribution is -0.146. The van der Waals surface area contributed by atoms with Crippen molar-refractivity contribution < 1.29 is 37.8 Å². The minimum atomic E-state index is -3.55. The van der Waals surface area contributed by atoms with Crippen LogP contribution in [-0.2, 0) is 37.8 Å². The maximum atomic E-state index is 16.9. The number of aryl methyl sites for hydroxylation is 1. The van der Waals surface area contributed by atoms with Crippen LogP contribution in [0, 0.1) is 5.92 Å². The van der Waals surface area contributed by atoms with Crippen LogP contribution in [0.3, 0.4) is 0 Å². The fourth-order valence-electron chi connectivity index (χ4n) is 9.92. The quantitative estimate of drug-likeness (QED) is 0.108. The van der Waals surface area contributed by atoms with Gasteiger partial charge in [0.2, 0.25) is 8.41 Å². The predicted octanol–water partition coefficient (Wildman–Crippen LogP) is 7.89. The van der Waals surface area contributed by atoms with Gasteiger partial charge in [-0.2, -0.15) is 0 Å². The van der Waals surface area contributed by atoms with Gasteiger partial charge in [-0.15, -0.1) is 5.10 Å². The van der Waals surface area contributed by atoms with E-state index in [0.717, 1.165) is 5.56 Å². The van der Waals surface area contributed by atoms with Gasteiger partial charge in [0.05, 0.1) is 35.9 Å². The number of hydrogen-bond acceptors (Lipinski definition) is 9. The topological polar surface area (TPSA) is 140 Å². The van der Waals surface area contributed by atoms with Gasteiger partial charge >= 0.3 is 0 Å². The fraction of sp³-hybridized carbons (Fsp3) is 0.271. The second-order valence-corrected chi connectivity index (χ2v) is 20.8. The molecule has 15 heteroatoms. The molecule has 4 aliphatic heterocycles. The van der Waals surface area contributed by atoms with Crippen molar-refractivity contribution in [3.8, 4) is 11.5 Å². The van der Waals surface area contributed by atoms with Gasteiger partial charge in [-0.1, -0.05) is 78.9 Å². The van der Waals surface area contributed by atoms with Crippen molar-refractivity contribution >= 4 is 54.6 Å². The number of aliphatic hydroxyl groups excluding tert-OH is 1. The van der Waals surface area contributed by atoms with Gasteiger partial charge in [-0.25, -0.2) is 0 Å². The number of para-hydroxylation sites is 4. The van der Waals surface area contributed by atoms with Gasteiger partial charge < -0.3 is 28.3 Å². The van der Waals surface area contributed by atoms with Crippen LogP contribution in [0.5, 0.6) is 11.5 Å². The number of fused-ring (bicyclic) bond motifs is 4. The van der Waals surface area contributed by atoms with E-state index in [1.165, 1.54) is 0 Å². The summed E-state index contributed by atoms with van der Waals surface area (Å²) in [6.45, 7) is 5.44. The second-order valence-electron chi connectivity index (χ2n) is 17.0. The molecule has 3 amide bonds. The maximum absolute atomic E-state index is 16.9. The summed E-state index contributed by atoms with van der Waals surface area (Å²) in [4.78, 5) is 47.0. The van der Waals surface area contributed by atoms with E-state index in [1.807, 2.05) is 122 Å². The highest BCUT2D eigenvalue weighted by atomic mass is 28.4. The minimum Gasteiger partial charge on any atom is -0.482 e. The molecule has 10 rings (SSSR count). The lowest BCUT2D eigenvalue weighted by Crippen LogP contribution is -2.45. The standard InChI is InChI=1S/C48H45FN6O7Si/c1-30-46(63(2,3)49)42(23-24-52-27-36(50-51-52)45(58)32-11-5-4-6-12-32)62-48(30)35-25-34(55-39-14-8-10-16-41(39)61-29-44(55)57)21-22-37(35)53(47(48)59)26-31-17-19-33(20-18-31)54-38-13-7-9-15-40(38)60-28-43(54)56/h4-22,25,27,30,42,45-46,58H,23-24,26,28-29H2,1-3H3/t30-,42+,45+,46-,48+/m0/s1. The molecule has 1 N–H and O–H groups in total. The number of anilines is 5. The third-order valence-corrected chi connectivity index (χ3v) is 15.2. The summed E-state index contributed by atoms with van der Waals surface area (Å²) in [5.74, 6) is -0.232. The molecule has 5 atom stereocenters. The number of rotatable bonds is 10. The van der Waals surface area contributed by atoms with Gasteiger partial charge in [0.15, 0.2) is 18.8 Å². The summed E-state index contributed by atoms with van der Waals surface area (Å²) in [5, 5.41) is 19.5. The summed E-state index contributed by atoms with van der Waals surface area (Å²) in [6, 6.07) is 36.8. The zero-order chi connectivity index (χ0) is 43.6. The SMILES string of the molecule is C[C@H]1[C@H]([Si](C)(C)F)[C@@H](CCn2cc([C@H](O)c3ccccc3)nn2)O[C@]12C(=O)N(Cc1ccc(N3C(=O)COc4ccccc43)cc1)c1ccc(N3C(=O)COc4ccccc43)cc12. The number of ether oxygens (including phenoxy) is 3. The lowest BCUT2D eigenvalue weighted by atomic mass is 9.82. The van der Waals surface area contributed by atoms with Crippen LogP contribution in [0.25, 0.3) is 0 Å². The Balaban J connectivity index is 1.00. The number of aromatic nitrogens is 3. The van der Waals surface area contributed by atoms with Crippen LogP contribution in [-0.4, -0.2) is 65.5 Å². The number of aliphatic hydroxyl groups is 1. The molecule has 320 valence electrons. The summed E-state index contributed by atoms with van der Waals surface area (Å²) in [7, 11) is -3.55. The van der Waals surface area contributed by atoms with Crippen molar-refractivity contribution in [3.05, 3.63) is 150 Å². The van der Waals surface area contributed by atoms with Crippen LogP contribution in [0.15, 0.2) is 128 Å². The maximum Gasteiger partial charge on any atom is 0.269 e. The van der Waals surface area contributed by atoms with Crippen LogP contribution >= 0.6 is 0 Å². The van der Waals surface area contributed by atoms with Crippen LogP contribution in [0.2, 0.25) is 18.6 Å². The van der Waals surface area contributed by atoms with E-state index in [0.29, 0.717) is 69.7 Å². The van der Waals surface area contributed by atoms with Gasteiger partial charge in [-0.05, 0) is 85.2 Å². The van der Waals surface area contributed by atoms with E-state index < -0.39 is 37.7 Å². The van der Waals surface area contributed by atoms with Gasteiger partial charge in [0.1, 0.15) is 23.3 Å². The highest BCUT2D eigenvalue weighted by molar-refractivity contribution is 6.72. The molecular weight excluding hydrogens is 820 g/mol. The Morgan fingerprint density at radius 3 is 2.05 bits per heavy atom. The first kappa shape index (κ1) is 40.4. The van der Waals surface area contributed by atoms with Crippen LogP contribution in [0.4, 0.5) is 32.5 Å². The van der Waals surface area contributed by atoms with Crippen molar-refractivity contribution in [2.45, 2.75) is 62.9 Å². The highest BCUT2D eigenvalue weighted by Gasteiger charge is 2.66. The Labute approximate surface area is 364 Å². The summed E-state index contributed by atoms with van der Waals surface area (Å²) >= 11 is 0. The highest BCUT2D eigenvalue weighted by Crippen LogP contribution is 2.61. The number of benzene rings is 5. The molecule has 5 heterocycles. The Morgan fingerprint density at radius 1 is 0.794 bits per heavy atom. The zero-order valence-corrected chi connectivity index (χ0v) is 35.9. The molecule has 0 aliphatic carbocycles. The third kappa shape index (κ3) is 6.87. The first-order chi connectivity index (χ1) is 30.4. The number of nitrogens with zero attached hydrogens (tertiary/aromatic N) is 6. The first-order valence-corrected chi connectivity index (χ1v) is 24.0. The molecule has 6 aromatic rings. The van der Waals surface area contributed by atoms with Gasteiger partial charge in [0, 0.05) is 34.9 Å². The smallest absolute Gasteiger partial charge is 0.269 e. The van der Waals surface area contributed by atoms with Crippen molar-refractivity contribution in [3.63, 3.8) is 0 Å². The Morgan fingerprint density at radius 2 is 1.40 bits per heavy atom. The molecule has 63 heavy (non-hydrogen) atoms. The predicted molar refractivity (Wildman–Crippen MR) is 235 cm³/mol. The number of amides is 3. The molecule has 0 bridgehead atoms. The van der Waals surface area contributed by atoms with E-state index >= 15 is 8.90 Å². The lowest BCUT2D eigenvalue weighted by Gasteiger charge is -2.32. The zero-order valence-electron chi connectivity index (χ0n) is 34.9. The van der Waals surface area contributed by atoms with Crippen molar-refractivity contribution in [2.75, 3.05) is 27.9 Å². The Bertz CT molecular complexity index is 2750. The first-order valence-electron chi connectivity index (χ1n) is 21.1. The summed E-state index contributed by atoms with van der Waals surface area (Å²) < 4.78 is 37.0. The van der Waals surface area contributed by atoms with Crippen molar-refractivity contribution in [2.24, 2.45) is 5.92 Å². The van der Waals surface area contributed by atoms with Crippen molar-refractivity contribution in [1.29, 1.82) is 0 Å². The average Bonchev–Trinajstić information content (AvgIpc) is 3.96. The average molecular weight is 865 g/mol. The van der Waals surface area contributed by atoms with E-state index in [9.17, 15) is 14.7 Å². The van der Waals surface area contributed by atoms with Gasteiger partial charge in [0.25, 0.3) is 17.7 Å². The number of carbonyl (C=O) groups excluding carboxylic acids is 3. The molecule has 0 saturated carbocycles. The van der Waals surface area contributed by atoms with Crippen LogP contribution < -0.4 is 24.2 Å². The molecule has 1 aromatic heterocycles. The normalized spacial score (nSPS) is 22.1. The minimum absolute atomic E-state index is 0.0838. The fourth-order valence-corrected chi connectivity index (χ4v) is 12.5. The van der Waals surface area contributed by atoms with E-state index in [-0.39, 0.29) is 37.5 Å². The molecule has 13 nitrogen and oxygen atoms in total. The largest absolute Gasteiger partial charge is 0.482 e. The molecule has 1 spiro atoms. The van der Waals surface area contributed by atoms with Crippen LogP contribution in [0.1, 0.15) is 41.8 Å². The molecule has 1 saturated heterocycles. The number of hydrogen-bond donors (Lipinski definition) is 1. The van der Waals surface area contributed by atoms with E-state index in [1.54, 1.807) is 44.7 Å². The van der Waals surface area contributed by atoms with E-state index in [4.69, 9.17) is 14.2 Å². The second kappa shape index (κ2) is 15.6. The van der Waals surface area contributed by atoms with Crippen molar-refractivity contribution in [1.82, 2.24) is 15.0 Å². The molecule has 0 radical (unpaired) electrons. The molecule has 4 aliphatic rings. The molecule has 5 aromatic carbocycles. The summed E-state index contributed by atoms with van der Waals surface area (Å²) in [6.07, 6.45) is 0.351. The number of carbonyl (C=O) groups is 3. The summed E-state index contributed by atoms with van der Waals surface area (Å²) in [5.41, 5.74) is 3.23. The molecule has 1 fully saturated rings. The van der Waals surface area contributed by atoms with E-state index in [2.05, 4.69) is 10.3 Å². The Hall–Kier alpha value is -6.68. The third-order valence-electron chi connectivity index (χ3n) is 12.7. The number of halogens is 1. The molecule has 0 unspecified atom stereocenters.